The lowest BCUT2D eigenvalue weighted by molar-refractivity contribution is 0.0798. The van der Waals surface area contributed by atoms with Gasteiger partial charge in [-0.3, -0.25) is 9.88 Å². The highest BCUT2D eigenvalue weighted by Gasteiger charge is 2.31. The molecule has 1 aliphatic heterocycles. The maximum atomic E-state index is 11.3. The number of H-pyrrole nitrogens is 2. The normalized spacial score (nSPS) is 22.6. The van der Waals surface area contributed by atoms with Crippen LogP contribution in [0.2, 0.25) is 0 Å². The van der Waals surface area contributed by atoms with E-state index < -0.39 is 0 Å². The van der Waals surface area contributed by atoms with Crippen LogP contribution in [0, 0.1) is 0 Å². The van der Waals surface area contributed by atoms with Crippen LogP contribution in [0.1, 0.15) is 43.6 Å². The molecule has 1 aromatic carbocycles. The van der Waals surface area contributed by atoms with Crippen molar-refractivity contribution in [2.75, 3.05) is 7.11 Å². The molecule has 0 saturated carbocycles. The second-order valence-corrected chi connectivity index (χ2v) is 5.83. The molecule has 0 aliphatic carbocycles. The zero-order chi connectivity index (χ0) is 15.5. The van der Waals surface area contributed by atoms with E-state index in [4.69, 9.17) is 4.74 Å². The van der Waals surface area contributed by atoms with Crippen molar-refractivity contribution < 1.29 is 4.74 Å². The molecule has 3 rings (SSSR count). The number of para-hydroxylation sites is 1. The second kappa shape index (κ2) is 6.36. The van der Waals surface area contributed by atoms with Crippen molar-refractivity contribution in [1.29, 1.82) is 0 Å². The Bertz CT molecular complexity index is 679. The number of rotatable bonds is 4. The molecule has 0 radical (unpaired) electrons. The lowest BCUT2D eigenvalue weighted by Gasteiger charge is -2.40. The third-order valence-corrected chi connectivity index (χ3v) is 4.45. The fourth-order valence-corrected chi connectivity index (χ4v) is 3.34. The molecule has 6 heteroatoms. The first-order chi connectivity index (χ1) is 10.7. The van der Waals surface area contributed by atoms with Gasteiger partial charge < -0.3 is 4.74 Å². The third-order valence-electron chi connectivity index (χ3n) is 4.45. The van der Waals surface area contributed by atoms with Crippen molar-refractivity contribution in [3.8, 4) is 5.75 Å². The summed E-state index contributed by atoms with van der Waals surface area (Å²) in [6, 6.07) is 8.88. The van der Waals surface area contributed by atoms with Gasteiger partial charge >= 0.3 is 5.69 Å². The Morgan fingerprint density at radius 3 is 2.91 bits per heavy atom. The quantitative estimate of drug-likeness (QED) is 0.908. The van der Waals surface area contributed by atoms with Crippen molar-refractivity contribution in [3.05, 3.63) is 46.1 Å². The minimum atomic E-state index is -0.256. The monoisotopic (exact) mass is 302 g/mol. The molecule has 0 unspecified atom stereocenters. The molecule has 0 bridgehead atoms. The molecule has 6 nitrogen and oxygen atoms in total. The van der Waals surface area contributed by atoms with Crippen LogP contribution >= 0.6 is 0 Å². The van der Waals surface area contributed by atoms with E-state index in [9.17, 15) is 4.79 Å². The van der Waals surface area contributed by atoms with Gasteiger partial charge in [0.1, 0.15) is 11.6 Å². The number of hydrogen-bond acceptors (Lipinski definition) is 4. The largest absolute Gasteiger partial charge is 0.496 e. The van der Waals surface area contributed by atoms with Gasteiger partial charge in [0.25, 0.3) is 0 Å². The summed E-state index contributed by atoms with van der Waals surface area (Å²) in [5.41, 5.74) is 0.947. The standard InChI is InChI=1S/C16H22N4O2/c1-11-6-5-8-13(12-7-3-4-9-14(12)22-2)20(11)10-15-17-16(21)19-18-15/h3-4,7,9,11,13H,5-6,8,10H2,1-2H3,(H2,17,18,19,21)/t11-,13-/m1/s1. The van der Waals surface area contributed by atoms with Gasteiger partial charge in [-0.1, -0.05) is 24.6 Å². The fourth-order valence-electron chi connectivity index (χ4n) is 3.34. The number of aromatic amines is 2. The summed E-state index contributed by atoms with van der Waals surface area (Å²) in [5, 5.41) is 6.49. The van der Waals surface area contributed by atoms with Gasteiger partial charge in [-0.2, -0.15) is 5.10 Å². The summed E-state index contributed by atoms with van der Waals surface area (Å²) in [6.07, 6.45) is 3.43. The van der Waals surface area contributed by atoms with Crippen LogP contribution in [0.15, 0.2) is 29.1 Å². The van der Waals surface area contributed by atoms with Crippen molar-refractivity contribution >= 4 is 0 Å². The van der Waals surface area contributed by atoms with Crippen LogP contribution < -0.4 is 10.4 Å². The van der Waals surface area contributed by atoms with Crippen LogP contribution in [-0.2, 0) is 6.54 Å². The Labute approximate surface area is 129 Å². The summed E-state index contributed by atoms with van der Waals surface area (Å²) in [4.78, 5) is 16.4. The third kappa shape index (κ3) is 2.92. The number of nitrogens with one attached hydrogen (secondary N) is 2. The van der Waals surface area contributed by atoms with Gasteiger partial charge in [0.2, 0.25) is 0 Å². The zero-order valence-electron chi connectivity index (χ0n) is 13.0. The van der Waals surface area contributed by atoms with Gasteiger partial charge in [-0.05, 0) is 25.8 Å². The van der Waals surface area contributed by atoms with Crippen LogP contribution in [0.3, 0.4) is 0 Å². The Hall–Kier alpha value is -2.08. The zero-order valence-corrected chi connectivity index (χ0v) is 13.0. The van der Waals surface area contributed by atoms with Gasteiger partial charge in [0.15, 0.2) is 0 Å². The van der Waals surface area contributed by atoms with Gasteiger partial charge in [0, 0.05) is 17.6 Å². The number of benzene rings is 1. The SMILES string of the molecule is COc1ccccc1[C@H]1CCC[C@@H](C)N1Cc1n[nH]c(=O)[nH]1. The van der Waals surface area contributed by atoms with Crippen LogP contribution in [0.5, 0.6) is 5.75 Å². The average Bonchev–Trinajstić information content (AvgIpc) is 2.94. The molecule has 0 amide bonds. The number of hydrogen-bond donors (Lipinski definition) is 2. The Kier molecular flexibility index (Phi) is 4.29. The highest BCUT2D eigenvalue weighted by atomic mass is 16.5. The van der Waals surface area contributed by atoms with Gasteiger partial charge in [0.05, 0.1) is 13.7 Å². The minimum Gasteiger partial charge on any atom is -0.496 e. The molecule has 2 N–H and O–H groups in total. The van der Waals surface area contributed by atoms with Crippen molar-refractivity contribution in [1.82, 2.24) is 20.1 Å². The first-order valence-corrected chi connectivity index (χ1v) is 7.71. The average molecular weight is 302 g/mol. The maximum Gasteiger partial charge on any atom is 0.340 e. The molecule has 1 aromatic heterocycles. The predicted octanol–water partition coefficient (Wildman–Crippen LogP) is 2.22. The van der Waals surface area contributed by atoms with E-state index >= 15 is 0 Å². The van der Waals surface area contributed by atoms with E-state index in [1.54, 1.807) is 7.11 Å². The van der Waals surface area contributed by atoms with E-state index in [0.29, 0.717) is 18.4 Å². The molecule has 22 heavy (non-hydrogen) atoms. The minimum absolute atomic E-state index is 0.256. The van der Waals surface area contributed by atoms with Gasteiger partial charge in [-0.25, -0.2) is 9.89 Å². The summed E-state index contributed by atoms with van der Waals surface area (Å²) < 4.78 is 5.53. The molecular weight excluding hydrogens is 280 g/mol. The van der Waals surface area contributed by atoms with Crippen LogP contribution in [0.4, 0.5) is 0 Å². The lowest BCUT2D eigenvalue weighted by atomic mass is 9.91. The number of aromatic nitrogens is 3. The number of piperidine rings is 1. The van der Waals surface area contributed by atoms with Crippen molar-refractivity contribution in [2.24, 2.45) is 0 Å². The molecule has 2 aromatic rings. The number of methoxy groups -OCH3 is 1. The summed E-state index contributed by atoms with van der Waals surface area (Å²) in [7, 11) is 1.71. The lowest BCUT2D eigenvalue weighted by Crippen LogP contribution is -2.40. The number of likely N-dealkylation sites (tertiary alicyclic amines) is 1. The maximum absolute atomic E-state index is 11.3. The van der Waals surface area contributed by atoms with E-state index in [2.05, 4.69) is 33.1 Å². The molecule has 2 atom stereocenters. The number of nitrogens with zero attached hydrogens (tertiary/aromatic N) is 2. The van der Waals surface area contributed by atoms with Crippen LogP contribution in [-0.4, -0.2) is 33.2 Å². The summed E-state index contributed by atoms with van der Waals surface area (Å²) >= 11 is 0. The van der Waals surface area contributed by atoms with E-state index in [-0.39, 0.29) is 11.7 Å². The topological polar surface area (TPSA) is 74.0 Å². The highest BCUT2D eigenvalue weighted by molar-refractivity contribution is 5.36. The highest BCUT2D eigenvalue weighted by Crippen LogP contribution is 2.38. The molecule has 1 saturated heterocycles. The molecule has 1 aliphatic rings. The molecule has 0 spiro atoms. The Morgan fingerprint density at radius 2 is 2.18 bits per heavy atom. The smallest absolute Gasteiger partial charge is 0.340 e. The number of ether oxygens (including phenoxy) is 1. The molecule has 1 fully saturated rings. The van der Waals surface area contributed by atoms with Crippen molar-refractivity contribution in [3.63, 3.8) is 0 Å². The second-order valence-electron chi connectivity index (χ2n) is 5.83. The molecule has 2 heterocycles. The first kappa shape index (κ1) is 14.8. The Balaban J connectivity index is 1.91. The molecule has 118 valence electrons. The Morgan fingerprint density at radius 1 is 1.36 bits per heavy atom. The van der Waals surface area contributed by atoms with Crippen LogP contribution in [0.25, 0.3) is 0 Å². The van der Waals surface area contributed by atoms with E-state index in [1.165, 1.54) is 12.0 Å². The molecular formula is C16H22N4O2. The van der Waals surface area contributed by atoms with Crippen molar-refractivity contribution in [2.45, 2.75) is 44.8 Å². The predicted molar refractivity (Wildman–Crippen MR) is 83.8 cm³/mol. The summed E-state index contributed by atoms with van der Waals surface area (Å²) in [5.74, 6) is 1.60. The fraction of sp³-hybridized carbons (Fsp3) is 0.500. The van der Waals surface area contributed by atoms with E-state index in [0.717, 1.165) is 18.6 Å². The summed E-state index contributed by atoms with van der Waals surface area (Å²) in [6.45, 7) is 2.86. The van der Waals surface area contributed by atoms with Gasteiger partial charge in [-0.15, -0.1) is 0 Å². The first-order valence-electron chi connectivity index (χ1n) is 7.71. The van der Waals surface area contributed by atoms with E-state index in [1.807, 2.05) is 18.2 Å².